The molecule has 0 aliphatic carbocycles. The quantitative estimate of drug-likeness (QED) is 0.685. The number of aromatic amines is 1. The first-order chi connectivity index (χ1) is 13.7. The molecule has 1 aliphatic rings. The summed E-state index contributed by atoms with van der Waals surface area (Å²) in [5.41, 5.74) is 3.39. The fraction of sp³-hybridized carbons (Fsp3) is 0.333. The number of carbonyl (C=O) groups excluding carboxylic acids is 1. The number of aldehydes is 1. The molecule has 144 valence electrons. The van der Waals surface area contributed by atoms with E-state index < -0.39 is 0 Å². The van der Waals surface area contributed by atoms with Gasteiger partial charge in [0.2, 0.25) is 5.95 Å². The van der Waals surface area contributed by atoms with Gasteiger partial charge in [0.25, 0.3) is 5.56 Å². The predicted molar refractivity (Wildman–Crippen MR) is 109 cm³/mol. The minimum atomic E-state index is 0.00126. The molecule has 3 heterocycles. The molecule has 1 fully saturated rings. The number of rotatable bonds is 5. The standard InChI is InChI=1S/C21H23N5O2/c1-2-17-10-18-4-3-15(9-19(18)24-20(17)28)13-25-5-7-26(8-6-25)21-22-11-16(14-27)12-23-21/h3-4,9-12,14H,2,5-8,13H2,1H3,(H,24,28). The number of pyridine rings is 1. The maximum atomic E-state index is 12.1. The van der Waals surface area contributed by atoms with Gasteiger partial charge >= 0.3 is 0 Å². The van der Waals surface area contributed by atoms with Gasteiger partial charge in [-0.1, -0.05) is 19.1 Å². The fourth-order valence-corrected chi connectivity index (χ4v) is 3.57. The van der Waals surface area contributed by atoms with Gasteiger partial charge in [0.1, 0.15) is 0 Å². The molecule has 4 rings (SSSR count). The molecule has 0 atom stereocenters. The van der Waals surface area contributed by atoms with Gasteiger partial charge in [-0.15, -0.1) is 0 Å². The average Bonchev–Trinajstić information content (AvgIpc) is 2.74. The summed E-state index contributed by atoms with van der Waals surface area (Å²) in [5, 5.41) is 1.07. The lowest BCUT2D eigenvalue weighted by molar-refractivity contribution is 0.112. The molecule has 0 spiro atoms. The van der Waals surface area contributed by atoms with Crippen molar-refractivity contribution in [2.45, 2.75) is 19.9 Å². The summed E-state index contributed by atoms with van der Waals surface area (Å²) in [6.45, 7) is 6.32. The number of aryl methyl sites for hydroxylation is 1. The number of hydrogen-bond donors (Lipinski definition) is 1. The molecular formula is C21H23N5O2. The zero-order valence-corrected chi connectivity index (χ0v) is 15.9. The first-order valence-electron chi connectivity index (χ1n) is 9.55. The van der Waals surface area contributed by atoms with Crippen molar-refractivity contribution < 1.29 is 4.79 Å². The molecule has 1 saturated heterocycles. The van der Waals surface area contributed by atoms with Crippen molar-refractivity contribution in [1.29, 1.82) is 0 Å². The van der Waals surface area contributed by atoms with Gasteiger partial charge in [-0.3, -0.25) is 14.5 Å². The maximum Gasteiger partial charge on any atom is 0.251 e. The molecule has 0 amide bonds. The topological polar surface area (TPSA) is 82.2 Å². The second-order valence-electron chi connectivity index (χ2n) is 7.10. The molecule has 0 saturated carbocycles. The Hall–Kier alpha value is -3.06. The average molecular weight is 377 g/mol. The minimum absolute atomic E-state index is 0.00126. The molecule has 7 heteroatoms. The molecule has 0 unspecified atom stereocenters. The minimum Gasteiger partial charge on any atom is -0.338 e. The van der Waals surface area contributed by atoms with E-state index in [0.717, 1.165) is 61.9 Å². The second-order valence-corrected chi connectivity index (χ2v) is 7.10. The highest BCUT2D eigenvalue weighted by molar-refractivity contribution is 5.79. The van der Waals surface area contributed by atoms with E-state index in [4.69, 9.17) is 0 Å². The van der Waals surface area contributed by atoms with Crippen molar-refractivity contribution in [2.75, 3.05) is 31.1 Å². The number of nitrogens with zero attached hydrogens (tertiary/aromatic N) is 4. The van der Waals surface area contributed by atoms with Gasteiger partial charge in [-0.05, 0) is 29.5 Å². The van der Waals surface area contributed by atoms with E-state index in [0.29, 0.717) is 11.5 Å². The highest BCUT2D eigenvalue weighted by Gasteiger charge is 2.19. The Morgan fingerprint density at radius 1 is 1.11 bits per heavy atom. The predicted octanol–water partition coefficient (Wildman–Crippen LogP) is 2.02. The van der Waals surface area contributed by atoms with Gasteiger partial charge in [-0.25, -0.2) is 9.97 Å². The zero-order chi connectivity index (χ0) is 19.5. The number of hydrogen-bond acceptors (Lipinski definition) is 6. The van der Waals surface area contributed by atoms with Crippen molar-refractivity contribution in [1.82, 2.24) is 19.9 Å². The maximum absolute atomic E-state index is 12.1. The summed E-state index contributed by atoms with van der Waals surface area (Å²) in [6.07, 6.45) is 4.60. The highest BCUT2D eigenvalue weighted by atomic mass is 16.1. The largest absolute Gasteiger partial charge is 0.338 e. The first kappa shape index (κ1) is 18.3. The summed E-state index contributed by atoms with van der Waals surface area (Å²) in [5.74, 6) is 0.667. The molecule has 28 heavy (non-hydrogen) atoms. The fourth-order valence-electron chi connectivity index (χ4n) is 3.57. The number of carbonyl (C=O) groups is 1. The van der Waals surface area contributed by atoms with Crippen molar-refractivity contribution >= 4 is 23.1 Å². The van der Waals surface area contributed by atoms with E-state index in [2.05, 4.69) is 43.0 Å². The molecule has 0 radical (unpaired) electrons. The summed E-state index contributed by atoms with van der Waals surface area (Å²) >= 11 is 0. The molecule has 3 aromatic rings. The van der Waals surface area contributed by atoms with Crippen LogP contribution in [-0.2, 0) is 13.0 Å². The molecule has 7 nitrogen and oxygen atoms in total. The molecule has 2 aromatic heterocycles. The third-order valence-electron chi connectivity index (χ3n) is 5.22. The van der Waals surface area contributed by atoms with Crippen molar-refractivity contribution in [2.24, 2.45) is 0 Å². The summed E-state index contributed by atoms with van der Waals surface area (Å²) in [4.78, 5) is 38.9. The van der Waals surface area contributed by atoms with Crippen LogP contribution in [0.5, 0.6) is 0 Å². The molecular weight excluding hydrogens is 354 g/mol. The van der Waals surface area contributed by atoms with Crippen LogP contribution in [-0.4, -0.2) is 52.3 Å². The lowest BCUT2D eigenvalue weighted by atomic mass is 10.1. The summed E-state index contributed by atoms with van der Waals surface area (Å²) in [7, 11) is 0. The number of anilines is 1. The van der Waals surface area contributed by atoms with E-state index in [-0.39, 0.29) is 5.56 Å². The van der Waals surface area contributed by atoms with Gasteiger partial charge in [0.15, 0.2) is 6.29 Å². The lowest BCUT2D eigenvalue weighted by Gasteiger charge is -2.34. The first-order valence-corrected chi connectivity index (χ1v) is 9.55. The molecule has 1 aromatic carbocycles. The Labute approximate surface area is 163 Å². The monoisotopic (exact) mass is 377 g/mol. The lowest BCUT2D eigenvalue weighted by Crippen LogP contribution is -2.46. The van der Waals surface area contributed by atoms with E-state index in [9.17, 15) is 9.59 Å². The van der Waals surface area contributed by atoms with Crippen LogP contribution in [0.15, 0.2) is 41.5 Å². The highest BCUT2D eigenvalue weighted by Crippen LogP contribution is 2.17. The van der Waals surface area contributed by atoms with Crippen LogP contribution in [0.3, 0.4) is 0 Å². The van der Waals surface area contributed by atoms with Crippen LogP contribution < -0.4 is 10.5 Å². The van der Waals surface area contributed by atoms with Crippen molar-refractivity contribution in [3.8, 4) is 0 Å². The Morgan fingerprint density at radius 3 is 2.54 bits per heavy atom. The van der Waals surface area contributed by atoms with Gasteiger partial charge in [0, 0.05) is 56.2 Å². The Morgan fingerprint density at radius 2 is 1.86 bits per heavy atom. The number of fused-ring (bicyclic) bond motifs is 1. The SMILES string of the molecule is CCc1cc2ccc(CN3CCN(c4ncc(C=O)cn4)CC3)cc2[nH]c1=O. The van der Waals surface area contributed by atoms with Crippen LogP contribution in [0.1, 0.15) is 28.4 Å². The van der Waals surface area contributed by atoms with Crippen LogP contribution in [0.4, 0.5) is 5.95 Å². The number of piperazine rings is 1. The Bertz CT molecular complexity index is 1040. The van der Waals surface area contributed by atoms with E-state index in [1.165, 1.54) is 5.56 Å². The Balaban J connectivity index is 1.41. The van der Waals surface area contributed by atoms with Gasteiger partial charge < -0.3 is 9.88 Å². The van der Waals surface area contributed by atoms with E-state index >= 15 is 0 Å². The van der Waals surface area contributed by atoms with Crippen LogP contribution in [0.2, 0.25) is 0 Å². The van der Waals surface area contributed by atoms with E-state index in [1.807, 2.05) is 13.0 Å². The van der Waals surface area contributed by atoms with Gasteiger partial charge in [0.05, 0.1) is 5.56 Å². The normalized spacial score (nSPS) is 15.1. The number of nitrogens with one attached hydrogen (secondary N) is 1. The number of benzene rings is 1. The van der Waals surface area contributed by atoms with Crippen LogP contribution >= 0.6 is 0 Å². The van der Waals surface area contributed by atoms with Crippen LogP contribution in [0.25, 0.3) is 10.9 Å². The molecule has 1 N–H and O–H groups in total. The summed E-state index contributed by atoms with van der Waals surface area (Å²) < 4.78 is 0. The smallest absolute Gasteiger partial charge is 0.251 e. The van der Waals surface area contributed by atoms with Crippen molar-refractivity contribution in [3.05, 3.63) is 63.7 Å². The molecule has 1 aliphatic heterocycles. The summed E-state index contributed by atoms with van der Waals surface area (Å²) in [6, 6.07) is 8.27. The van der Waals surface area contributed by atoms with Crippen LogP contribution in [0, 0.1) is 0 Å². The number of H-pyrrole nitrogens is 1. The molecule has 0 bridgehead atoms. The van der Waals surface area contributed by atoms with Gasteiger partial charge in [-0.2, -0.15) is 0 Å². The third kappa shape index (κ3) is 3.80. The zero-order valence-electron chi connectivity index (χ0n) is 15.9. The van der Waals surface area contributed by atoms with Crippen molar-refractivity contribution in [3.63, 3.8) is 0 Å². The van der Waals surface area contributed by atoms with E-state index in [1.54, 1.807) is 12.4 Å². The second kappa shape index (κ2) is 7.90. The number of aromatic nitrogens is 3. The Kier molecular flexibility index (Phi) is 5.16. The third-order valence-corrected chi connectivity index (χ3v) is 5.22.